The van der Waals surface area contributed by atoms with Crippen LogP contribution < -0.4 is 0 Å². The molecule has 1 aliphatic rings. The Morgan fingerprint density at radius 3 is 3.05 bits per heavy atom. The van der Waals surface area contributed by atoms with E-state index in [0.717, 1.165) is 37.1 Å². The van der Waals surface area contributed by atoms with E-state index in [1.165, 1.54) is 12.7 Å². The molecule has 5 nitrogen and oxygen atoms in total. The fraction of sp³-hybridized carbons (Fsp3) is 0.500. The van der Waals surface area contributed by atoms with E-state index in [0.29, 0.717) is 6.54 Å². The number of esters is 1. The van der Waals surface area contributed by atoms with Crippen LogP contribution in [0, 0.1) is 6.92 Å². The fourth-order valence-corrected chi connectivity index (χ4v) is 3.02. The highest BCUT2D eigenvalue weighted by Crippen LogP contribution is 2.20. The number of methoxy groups -OCH3 is 1. The number of imidazole rings is 1. The van der Waals surface area contributed by atoms with Crippen LogP contribution in [0.4, 0.5) is 0 Å². The zero-order valence-electron chi connectivity index (χ0n) is 12.6. The first kappa shape index (κ1) is 14.1. The summed E-state index contributed by atoms with van der Waals surface area (Å²) in [6.07, 6.45) is 7.20. The third-order valence-electron chi connectivity index (χ3n) is 4.10. The molecule has 2 aromatic heterocycles. The molecular weight excluding hydrogens is 266 g/mol. The summed E-state index contributed by atoms with van der Waals surface area (Å²) in [7, 11) is 1.46. The molecular formula is C16H21N3O2. The number of likely N-dealkylation sites (tertiary alicyclic amines) is 1. The van der Waals surface area contributed by atoms with Crippen LogP contribution >= 0.6 is 0 Å². The molecule has 21 heavy (non-hydrogen) atoms. The van der Waals surface area contributed by atoms with Crippen LogP contribution in [-0.4, -0.2) is 40.0 Å². The van der Waals surface area contributed by atoms with Crippen molar-refractivity contribution in [3.8, 4) is 0 Å². The van der Waals surface area contributed by atoms with Crippen LogP contribution in [0.15, 0.2) is 24.5 Å². The molecule has 0 saturated carbocycles. The predicted molar refractivity (Wildman–Crippen MR) is 80.0 cm³/mol. The van der Waals surface area contributed by atoms with Gasteiger partial charge >= 0.3 is 5.97 Å². The SMILES string of the molecule is COC(=O)C1CCCCN1Cc1cn2cc(C)ccc2n1. The second-order valence-electron chi connectivity index (χ2n) is 5.71. The molecule has 1 atom stereocenters. The molecule has 0 aliphatic carbocycles. The number of ether oxygens (including phenoxy) is 1. The summed E-state index contributed by atoms with van der Waals surface area (Å²) in [6.45, 7) is 3.68. The van der Waals surface area contributed by atoms with Gasteiger partial charge < -0.3 is 9.14 Å². The molecule has 0 radical (unpaired) electrons. The van der Waals surface area contributed by atoms with Crippen molar-refractivity contribution in [2.24, 2.45) is 0 Å². The first-order chi connectivity index (χ1) is 10.2. The van der Waals surface area contributed by atoms with E-state index >= 15 is 0 Å². The second-order valence-corrected chi connectivity index (χ2v) is 5.71. The van der Waals surface area contributed by atoms with Crippen molar-refractivity contribution in [1.29, 1.82) is 0 Å². The number of carbonyl (C=O) groups excluding carboxylic acids is 1. The van der Waals surface area contributed by atoms with E-state index in [2.05, 4.69) is 29.1 Å². The molecule has 1 fully saturated rings. The molecule has 1 unspecified atom stereocenters. The summed E-state index contributed by atoms with van der Waals surface area (Å²) in [4.78, 5) is 18.7. The molecule has 5 heteroatoms. The zero-order chi connectivity index (χ0) is 14.8. The second kappa shape index (κ2) is 5.85. The molecule has 0 amide bonds. The molecule has 3 heterocycles. The van der Waals surface area contributed by atoms with Gasteiger partial charge in [0, 0.05) is 18.9 Å². The highest BCUT2D eigenvalue weighted by Gasteiger charge is 2.29. The average Bonchev–Trinajstić information content (AvgIpc) is 2.88. The first-order valence-corrected chi connectivity index (χ1v) is 7.43. The van der Waals surface area contributed by atoms with Crippen molar-refractivity contribution in [3.05, 3.63) is 35.8 Å². The van der Waals surface area contributed by atoms with E-state index < -0.39 is 0 Å². The summed E-state index contributed by atoms with van der Waals surface area (Å²) in [5, 5.41) is 0. The summed E-state index contributed by atoms with van der Waals surface area (Å²) in [5.74, 6) is -0.130. The highest BCUT2D eigenvalue weighted by atomic mass is 16.5. The van der Waals surface area contributed by atoms with Gasteiger partial charge in [0.05, 0.1) is 12.8 Å². The Morgan fingerprint density at radius 1 is 1.38 bits per heavy atom. The lowest BCUT2D eigenvalue weighted by atomic mass is 10.0. The van der Waals surface area contributed by atoms with Crippen molar-refractivity contribution in [1.82, 2.24) is 14.3 Å². The predicted octanol–water partition coefficient (Wildman–Crippen LogP) is 2.17. The smallest absolute Gasteiger partial charge is 0.323 e. The minimum Gasteiger partial charge on any atom is -0.468 e. The third-order valence-corrected chi connectivity index (χ3v) is 4.10. The van der Waals surface area contributed by atoms with Crippen molar-refractivity contribution in [3.63, 3.8) is 0 Å². The van der Waals surface area contributed by atoms with Crippen LogP contribution in [0.5, 0.6) is 0 Å². The highest BCUT2D eigenvalue weighted by molar-refractivity contribution is 5.75. The van der Waals surface area contributed by atoms with Gasteiger partial charge in [-0.15, -0.1) is 0 Å². The van der Waals surface area contributed by atoms with Crippen molar-refractivity contribution in [2.45, 2.75) is 38.8 Å². The van der Waals surface area contributed by atoms with Gasteiger partial charge in [-0.05, 0) is 37.9 Å². The van der Waals surface area contributed by atoms with E-state index in [-0.39, 0.29) is 12.0 Å². The number of pyridine rings is 1. The molecule has 1 saturated heterocycles. The van der Waals surface area contributed by atoms with Gasteiger partial charge in [0.25, 0.3) is 0 Å². The van der Waals surface area contributed by atoms with Crippen molar-refractivity contribution >= 4 is 11.6 Å². The minimum atomic E-state index is -0.130. The number of fused-ring (bicyclic) bond motifs is 1. The standard InChI is InChI=1S/C16H21N3O2/c1-12-6-7-15-17-13(11-19(15)9-12)10-18-8-4-3-5-14(18)16(20)21-2/h6-7,9,11,14H,3-5,8,10H2,1-2H3. The Kier molecular flexibility index (Phi) is 3.92. The van der Waals surface area contributed by atoms with E-state index in [1.54, 1.807) is 0 Å². The molecule has 0 bridgehead atoms. The zero-order valence-corrected chi connectivity index (χ0v) is 12.6. The summed E-state index contributed by atoms with van der Waals surface area (Å²) < 4.78 is 6.97. The summed E-state index contributed by atoms with van der Waals surface area (Å²) in [5.41, 5.74) is 3.15. The van der Waals surface area contributed by atoms with E-state index in [9.17, 15) is 4.79 Å². The molecule has 112 valence electrons. The number of aromatic nitrogens is 2. The molecule has 0 spiro atoms. The van der Waals surface area contributed by atoms with Crippen molar-refractivity contribution < 1.29 is 9.53 Å². The summed E-state index contributed by atoms with van der Waals surface area (Å²) in [6, 6.07) is 3.95. The molecule has 0 aromatic carbocycles. The van der Waals surface area contributed by atoms with Crippen LogP contribution in [-0.2, 0) is 16.1 Å². The largest absolute Gasteiger partial charge is 0.468 e. The Hall–Kier alpha value is -1.88. The van der Waals surface area contributed by atoms with E-state index in [4.69, 9.17) is 4.74 Å². The maximum absolute atomic E-state index is 11.9. The van der Waals surface area contributed by atoms with Crippen LogP contribution in [0.1, 0.15) is 30.5 Å². The topological polar surface area (TPSA) is 46.8 Å². The first-order valence-electron chi connectivity index (χ1n) is 7.43. The maximum atomic E-state index is 11.9. The Labute approximate surface area is 124 Å². The number of carbonyl (C=O) groups is 1. The molecule has 3 rings (SSSR count). The monoisotopic (exact) mass is 287 g/mol. The maximum Gasteiger partial charge on any atom is 0.323 e. The van der Waals surface area contributed by atoms with Crippen LogP contribution in [0.2, 0.25) is 0 Å². The van der Waals surface area contributed by atoms with Gasteiger partial charge in [0.2, 0.25) is 0 Å². The van der Waals surface area contributed by atoms with E-state index in [1.807, 2.05) is 16.7 Å². The molecule has 1 aliphatic heterocycles. The quantitative estimate of drug-likeness (QED) is 0.812. The Balaban J connectivity index is 1.80. The number of hydrogen-bond donors (Lipinski definition) is 0. The lowest BCUT2D eigenvalue weighted by Gasteiger charge is -2.33. The van der Waals surface area contributed by atoms with Gasteiger partial charge in [-0.2, -0.15) is 0 Å². The molecule has 0 N–H and O–H groups in total. The normalized spacial score (nSPS) is 19.8. The number of rotatable bonds is 3. The number of aryl methyl sites for hydroxylation is 1. The number of nitrogens with zero attached hydrogens (tertiary/aromatic N) is 3. The van der Waals surface area contributed by atoms with Gasteiger partial charge in [-0.25, -0.2) is 4.98 Å². The van der Waals surface area contributed by atoms with Crippen molar-refractivity contribution in [2.75, 3.05) is 13.7 Å². The fourth-order valence-electron chi connectivity index (χ4n) is 3.02. The van der Waals surface area contributed by atoms with Gasteiger partial charge in [0.15, 0.2) is 0 Å². The Morgan fingerprint density at radius 2 is 2.24 bits per heavy atom. The Bertz CT molecular complexity index is 650. The van der Waals surface area contributed by atoms with Gasteiger partial charge in [0.1, 0.15) is 11.7 Å². The average molecular weight is 287 g/mol. The number of piperidine rings is 1. The lowest BCUT2D eigenvalue weighted by Crippen LogP contribution is -2.44. The minimum absolute atomic E-state index is 0.129. The van der Waals surface area contributed by atoms with Gasteiger partial charge in [-0.3, -0.25) is 9.69 Å². The van der Waals surface area contributed by atoms with Crippen LogP contribution in [0.3, 0.4) is 0 Å². The molecule has 2 aromatic rings. The van der Waals surface area contributed by atoms with Gasteiger partial charge in [-0.1, -0.05) is 12.5 Å². The number of hydrogen-bond acceptors (Lipinski definition) is 4. The summed E-state index contributed by atoms with van der Waals surface area (Å²) >= 11 is 0. The lowest BCUT2D eigenvalue weighted by molar-refractivity contribution is -0.148. The van der Waals surface area contributed by atoms with Crippen LogP contribution in [0.25, 0.3) is 5.65 Å². The third kappa shape index (κ3) is 2.93.